The molecule has 2 rings (SSSR count). The quantitative estimate of drug-likeness (QED) is 0.793. The second-order valence-electron chi connectivity index (χ2n) is 5.60. The van der Waals surface area contributed by atoms with Gasteiger partial charge in [0.1, 0.15) is 0 Å². The molecule has 94 valence electrons. The SMILES string of the molecule is CCC1CCCCCN1CC1CCNCC1. The van der Waals surface area contributed by atoms with Crippen molar-refractivity contribution in [3.8, 4) is 0 Å². The van der Waals surface area contributed by atoms with E-state index in [2.05, 4.69) is 17.1 Å². The number of nitrogens with zero attached hydrogens (tertiary/aromatic N) is 1. The number of nitrogens with one attached hydrogen (secondary N) is 1. The maximum absolute atomic E-state index is 3.47. The summed E-state index contributed by atoms with van der Waals surface area (Å²) in [6.07, 6.45) is 9.94. The zero-order valence-corrected chi connectivity index (χ0v) is 10.9. The first-order valence-electron chi connectivity index (χ1n) is 7.35. The largest absolute Gasteiger partial charge is 0.317 e. The van der Waals surface area contributed by atoms with E-state index in [1.54, 1.807) is 0 Å². The molecule has 0 aliphatic carbocycles. The fourth-order valence-electron chi connectivity index (χ4n) is 3.34. The van der Waals surface area contributed by atoms with E-state index < -0.39 is 0 Å². The van der Waals surface area contributed by atoms with Gasteiger partial charge in [-0.15, -0.1) is 0 Å². The van der Waals surface area contributed by atoms with E-state index in [1.807, 2.05) is 0 Å². The molecular formula is C14H28N2. The van der Waals surface area contributed by atoms with Gasteiger partial charge in [-0.2, -0.15) is 0 Å². The van der Waals surface area contributed by atoms with E-state index in [0.717, 1.165) is 12.0 Å². The molecule has 2 nitrogen and oxygen atoms in total. The van der Waals surface area contributed by atoms with Crippen LogP contribution in [0.25, 0.3) is 0 Å². The molecule has 2 fully saturated rings. The summed E-state index contributed by atoms with van der Waals surface area (Å²) < 4.78 is 0. The highest BCUT2D eigenvalue weighted by atomic mass is 15.2. The lowest BCUT2D eigenvalue weighted by molar-refractivity contribution is 0.150. The minimum absolute atomic E-state index is 0.886. The minimum Gasteiger partial charge on any atom is -0.317 e. The van der Waals surface area contributed by atoms with Crippen LogP contribution in [0.5, 0.6) is 0 Å². The molecule has 0 amide bonds. The summed E-state index contributed by atoms with van der Waals surface area (Å²) in [5.74, 6) is 0.966. The third kappa shape index (κ3) is 3.46. The second kappa shape index (κ2) is 6.61. The molecule has 16 heavy (non-hydrogen) atoms. The van der Waals surface area contributed by atoms with Gasteiger partial charge in [0.25, 0.3) is 0 Å². The van der Waals surface area contributed by atoms with Crippen molar-refractivity contribution in [2.75, 3.05) is 26.2 Å². The van der Waals surface area contributed by atoms with E-state index in [1.165, 1.54) is 71.1 Å². The van der Waals surface area contributed by atoms with E-state index in [0.29, 0.717) is 0 Å². The Hall–Kier alpha value is -0.0800. The standard InChI is InChI=1S/C14H28N2/c1-2-14-6-4-3-5-11-16(14)12-13-7-9-15-10-8-13/h13-15H,2-12H2,1H3. The molecule has 1 unspecified atom stereocenters. The van der Waals surface area contributed by atoms with E-state index in [4.69, 9.17) is 0 Å². The number of likely N-dealkylation sites (tertiary alicyclic amines) is 1. The molecule has 0 bridgehead atoms. The van der Waals surface area contributed by atoms with Crippen molar-refractivity contribution in [1.82, 2.24) is 10.2 Å². The monoisotopic (exact) mass is 224 g/mol. The number of rotatable bonds is 3. The van der Waals surface area contributed by atoms with Crippen LogP contribution in [0.4, 0.5) is 0 Å². The van der Waals surface area contributed by atoms with Crippen LogP contribution in [-0.2, 0) is 0 Å². The van der Waals surface area contributed by atoms with Crippen LogP contribution in [0.1, 0.15) is 51.9 Å². The fourth-order valence-corrected chi connectivity index (χ4v) is 3.34. The number of hydrogen-bond donors (Lipinski definition) is 1. The topological polar surface area (TPSA) is 15.3 Å². The zero-order chi connectivity index (χ0) is 11.2. The molecule has 2 heterocycles. The average Bonchev–Trinajstić information content (AvgIpc) is 2.55. The lowest BCUT2D eigenvalue weighted by atomic mass is 9.96. The average molecular weight is 224 g/mol. The first-order chi connectivity index (χ1) is 7.90. The predicted octanol–water partition coefficient (Wildman–Crippen LogP) is 2.64. The van der Waals surface area contributed by atoms with Crippen molar-refractivity contribution < 1.29 is 0 Å². The van der Waals surface area contributed by atoms with Crippen LogP contribution >= 0.6 is 0 Å². The molecule has 0 aromatic heterocycles. The summed E-state index contributed by atoms with van der Waals surface area (Å²) in [5.41, 5.74) is 0. The van der Waals surface area contributed by atoms with E-state index in [9.17, 15) is 0 Å². The maximum Gasteiger partial charge on any atom is 0.00927 e. The van der Waals surface area contributed by atoms with E-state index in [-0.39, 0.29) is 0 Å². The van der Waals surface area contributed by atoms with Gasteiger partial charge in [-0.25, -0.2) is 0 Å². The highest BCUT2D eigenvalue weighted by molar-refractivity contribution is 4.79. The Balaban J connectivity index is 1.83. The molecule has 0 aromatic rings. The van der Waals surface area contributed by atoms with Crippen molar-refractivity contribution in [2.45, 2.75) is 57.9 Å². The molecule has 2 heteroatoms. The molecule has 2 aliphatic rings. The molecule has 0 saturated carbocycles. The van der Waals surface area contributed by atoms with Gasteiger partial charge < -0.3 is 10.2 Å². The molecule has 1 N–H and O–H groups in total. The Kier molecular flexibility index (Phi) is 5.11. The van der Waals surface area contributed by atoms with Gasteiger partial charge >= 0.3 is 0 Å². The summed E-state index contributed by atoms with van der Waals surface area (Å²) in [4.78, 5) is 2.81. The van der Waals surface area contributed by atoms with Gasteiger partial charge in [-0.05, 0) is 57.7 Å². The van der Waals surface area contributed by atoms with Crippen LogP contribution in [0.3, 0.4) is 0 Å². The molecular weight excluding hydrogens is 196 g/mol. The van der Waals surface area contributed by atoms with Crippen molar-refractivity contribution in [2.24, 2.45) is 5.92 Å². The van der Waals surface area contributed by atoms with Crippen LogP contribution in [-0.4, -0.2) is 37.1 Å². The van der Waals surface area contributed by atoms with Gasteiger partial charge in [0, 0.05) is 12.6 Å². The Morgan fingerprint density at radius 1 is 1.06 bits per heavy atom. The summed E-state index contributed by atoms with van der Waals surface area (Å²) in [5, 5.41) is 3.47. The molecule has 0 spiro atoms. The first-order valence-corrected chi connectivity index (χ1v) is 7.35. The summed E-state index contributed by atoms with van der Waals surface area (Å²) in [7, 11) is 0. The Morgan fingerprint density at radius 2 is 1.88 bits per heavy atom. The van der Waals surface area contributed by atoms with Gasteiger partial charge in [0.15, 0.2) is 0 Å². The van der Waals surface area contributed by atoms with Crippen LogP contribution in [0.15, 0.2) is 0 Å². The summed E-state index contributed by atoms with van der Waals surface area (Å²) in [6.45, 7) is 7.60. The van der Waals surface area contributed by atoms with Crippen molar-refractivity contribution in [1.29, 1.82) is 0 Å². The first kappa shape index (κ1) is 12.4. The highest BCUT2D eigenvalue weighted by Gasteiger charge is 2.23. The zero-order valence-electron chi connectivity index (χ0n) is 10.9. The fraction of sp³-hybridized carbons (Fsp3) is 1.00. The normalized spacial score (nSPS) is 30.2. The lowest BCUT2D eigenvalue weighted by Gasteiger charge is -2.34. The van der Waals surface area contributed by atoms with Gasteiger partial charge in [-0.1, -0.05) is 19.8 Å². The number of hydrogen-bond acceptors (Lipinski definition) is 2. The van der Waals surface area contributed by atoms with Crippen molar-refractivity contribution >= 4 is 0 Å². The molecule has 0 radical (unpaired) electrons. The second-order valence-corrected chi connectivity index (χ2v) is 5.60. The smallest absolute Gasteiger partial charge is 0.00927 e. The van der Waals surface area contributed by atoms with Crippen molar-refractivity contribution in [3.05, 3.63) is 0 Å². The lowest BCUT2D eigenvalue weighted by Crippen LogP contribution is -2.41. The predicted molar refractivity (Wildman–Crippen MR) is 69.7 cm³/mol. The van der Waals surface area contributed by atoms with Crippen LogP contribution in [0.2, 0.25) is 0 Å². The van der Waals surface area contributed by atoms with Crippen molar-refractivity contribution in [3.63, 3.8) is 0 Å². The highest BCUT2D eigenvalue weighted by Crippen LogP contribution is 2.22. The van der Waals surface area contributed by atoms with Crippen LogP contribution in [0, 0.1) is 5.92 Å². The summed E-state index contributed by atoms with van der Waals surface area (Å²) in [6, 6.07) is 0.886. The van der Waals surface area contributed by atoms with Gasteiger partial charge in [0.05, 0.1) is 0 Å². The Bertz CT molecular complexity index is 187. The molecule has 2 aliphatic heterocycles. The molecule has 2 saturated heterocycles. The van der Waals surface area contributed by atoms with Gasteiger partial charge in [0.2, 0.25) is 0 Å². The summed E-state index contributed by atoms with van der Waals surface area (Å²) >= 11 is 0. The number of piperidine rings is 1. The Morgan fingerprint density at radius 3 is 2.62 bits per heavy atom. The molecule has 0 aromatic carbocycles. The Labute approximate surface area is 101 Å². The van der Waals surface area contributed by atoms with E-state index >= 15 is 0 Å². The third-order valence-corrected chi connectivity index (χ3v) is 4.42. The maximum atomic E-state index is 3.47. The van der Waals surface area contributed by atoms with Gasteiger partial charge in [-0.3, -0.25) is 0 Å². The minimum atomic E-state index is 0.886. The van der Waals surface area contributed by atoms with Crippen LogP contribution < -0.4 is 5.32 Å². The third-order valence-electron chi connectivity index (χ3n) is 4.42. The molecule has 1 atom stereocenters.